The number of hydrogen-bond acceptors (Lipinski definition) is 6. The Kier molecular flexibility index (Phi) is 3.66. The highest BCUT2D eigenvalue weighted by Gasteiger charge is 2.12. The summed E-state index contributed by atoms with van der Waals surface area (Å²) in [7, 11) is 0. The molecule has 0 aliphatic heterocycles. The second-order valence-electron chi connectivity index (χ2n) is 4.82. The normalized spacial score (nSPS) is 11.4. The average Bonchev–Trinajstić information content (AvgIpc) is 3.16. The minimum Gasteiger partial charge on any atom is -0.360 e. The number of thioether (sulfide) groups is 1. The van der Waals surface area contributed by atoms with E-state index in [0.29, 0.717) is 23.2 Å². The fourth-order valence-electron chi connectivity index (χ4n) is 2.30. The van der Waals surface area contributed by atoms with Crippen molar-refractivity contribution < 1.29 is 0 Å². The molecule has 4 rings (SSSR count). The number of para-hydroxylation sites is 2. The predicted octanol–water partition coefficient (Wildman–Crippen LogP) is 3.10. The summed E-state index contributed by atoms with van der Waals surface area (Å²) in [6, 6.07) is 7.95. The van der Waals surface area contributed by atoms with Gasteiger partial charge in [-0.25, -0.2) is 14.5 Å². The highest BCUT2D eigenvalue weighted by Crippen LogP contribution is 2.21. The van der Waals surface area contributed by atoms with Crippen LogP contribution in [0.2, 0.25) is 0 Å². The number of H-pyrrole nitrogens is 1. The van der Waals surface area contributed by atoms with Gasteiger partial charge in [0.15, 0.2) is 11.5 Å². The summed E-state index contributed by atoms with van der Waals surface area (Å²) in [6.07, 6.45) is 3.65. The largest absolute Gasteiger partial charge is 0.360 e. The zero-order valence-electron chi connectivity index (χ0n) is 12.1. The smallest absolute Gasteiger partial charge is 0.209 e. The summed E-state index contributed by atoms with van der Waals surface area (Å²) in [6.45, 7) is 0.527. The van der Waals surface area contributed by atoms with Gasteiger partial charge in [-0.15, -0.1) is 5.10 Å². The number of imidazole rings is 2. The van der Waals surface area contributed by atoms with E-state index in [0.717, 1.165) is 21.5 Å². The lowest BCUT2D eigenvalue weighted by Gasteiger charge is -2.06. The molecule has 23 heavy (non-hydrogen) atoms. The zero-order valence-corrected chi connectivity index (χ0v) is 14.5. The molecule has 0 spiro atoms. The fourth-order valence-corrected chi connectivity index (χ4v) is 2.99. The molecular weight excluding hydrogens is 378 g/mol. The van der Waals surface area contributed by atoms with Crippen LogP contribution in [-0.2, 0) is 6.54 Å². The Balaban J connectivity index is 1.66. The molecule has 0 saturated carbocycles. The number of fused-ring (bicyclic) bond motifs is 2. The molecule has 3 heterocycles. The van der Waals surface area contributed by atoms with E-state index in [2.05, 4.69) is 46.3 Å². The molecule has 7 nitrogen and oxygen atoms in total. The van der Waals surface area contributed by atoms with Crippen LogP contribution in [0, 0.1) is 0 Å². The maximum Gasteiger partial charge on any atom is 0.209 e. The van der Waals surface area contributed by atoms with Gasteiger partial charge in [-0.05, 0) is 34.3 Å². The Hall–Kier alpha value is -2.13. The maximum absolute atomic E-state index is 4.55. The first kappa shape index (κ1) is 14.5. The number of nitrogens with one attached hydrogen (secondary N) is 2. The number of hydrogen-bond donors (Lipinski definition) is 2. The minimum atomic E-state index is 0.527. The van der Waals surface area contributed by atoms with E-state index in [-0.39, 0.29) is 0 Å². The van der Waals surface area contributed by atoms with E-state index in [1.54, 1.807) is 10.7 Å². The van der Waals surface area contributed by atoms with E-state index in [1.165, 1.54) is 11.8 Å². The van der Waals surface area contributed by atoms with Gasteiger partial charge in [0, 0.05) is 0 Å². The Morgan fingerprint density at radius 1 is 1.30 bits per heavy atom. The van der Waals surface area contributed by atoms with Crippen LogP contribution in [0.5, 0.6) is 0 Å². The monoisotopic (exact) mass is 389 g/mol. The van der Waals surface area contributed by atoms with Gasteiger partial charge in [0.05, 0.1) is 23.8 Å². The van der Waals surface area contributed by atoms with Crippen molar-refractivity contribution in [2.24, 2.45) is 0 Å². The van der Waals surface area contributed by atoms with Gasteiger partial charge in [-0.1, -0.05) is 23.9 Å². The summed E-state index contributed by atoms with van der Waals surface area (Å²) in [5.41, 5.74) is 2.64. The molecule has 0 saturated heterocycles. The van der Waals surface area contributed by atoms with Crippen molar-refractivity contribution in [1.82, 2.24) is 29.5 Å². The van der Waals surface area contributed by atoms with Crippen LogP contribution >= 0.6 is 27.7 Å². The SMILES string of the molecule is CSc1nc(NCc2nc3ccccc3[nH]2)c2ncc(Br)n2n1. The first-order valence-electron chi connectivity index (χ1n) is 6.87. The third-order valence-corrected chi connectivity index (χ3v) is 4.42. The van der Waals surface area contributed by atoms with Gasteiger partial charge < -0.3 is 10.3 Å². The van der Waals surface area contributed by atoms with Crippen molar-refractivity contribution in [3.05, 3.63) is 40.9 Å². The van der Waals surface area contributed by atoms with E-state index < -0.39 is 0 Å². The summed E-state index contributed by atoms with van der Waals surface area (Å²) in [4.78, 5) is 16.7. The molecule has 0 amide bonds. The Labute approximate surface area is 144 Å². The molecule has 0 aliphatic rings. The molecule has 1 aromatic carbocycles. The van der Waals surface area contributed by atoms with Gasteiger partial charge in [0.25, 0.3) is 0 Å². The molecule has 4 aromatic rings. The second kappa shape index (κ2) is 5.82. The summed E-state index contributed by atoms with van der Waals surface area (Å²) < 4.78 is 2.51. The van der Waals surface area contributed by atoms with Crippen LogP contribution in [0.1, 0.15) is 5.82 Å². The van der Waals surface area contributed by atoms with Gasteiger partial charge in [-0.2, -0.15) is 4.98 Å². The lowest BCUT2D eigenvalue weighted by Crippen LogP contribution is -2.08. The molecule has 116 valence electrons. The van der Waals surface area contributed by atoms with Crippen molar-refractivity contribution in [3.8, 4) is 0 Å². The van der Waals surface area contributed by atoms with Crippen LogP contribution in [-0.4, -0.2) is 35.8 Å². The van der Waals surface area contributed by atoms with Crippen molar-refractivity contribution >= 4 is 50.2 Å². The van der Waals surface area contributed by atoms with E-state index in [4.69, 9.17) is 0 Å². The van der Waals surface area contributed by atoms with Crippen LogP contribution in [0.15, 0.2) is 40.2 Å². The Morgan fingerprint density at radius 2 is 2.17 bits per heavy atom. The first-order valence-corrected chi connectivity index (χ1v) is 8.89. The Morgan fingerprint density at radius 3 is 3.00 bits per heavy atom. The molecule has 0 unspecified atom stereocenters. The molecule has 0 radical (unpaired) electrons. The van der Waals surface area contributed by atoms with E-state index in [1.807, 2.05) is 30.5 Å². The summed E-state index contributed by atoms with van der Waals surface area (Å²) in [5, 5.41) is 8.36. The van der Waals surface area contributed by atoms with Crippen molar-refractivity contribution in [1.29, 1.82) is 0 Å². The van der Waals surface area contributed by atoms with E-state index >= 15 is 0 Å². The van der Waals surface area contributed by atoms with Gasteiger partial charge in [-0.3, -0.25) is 0 Å². The van der Waals surface area contributed by atoms with Crippen molar-refractivity contribution in [3.63, 3.8) is 0 Å². The zero-order chi connectivity index (χ0) is 15.8. The molecule has 0 fully saturated rings. The topological polar surface area (TPSA) is 83.8 Å². The minimum absolute atomic E-state index is 0.527. The van der Waals surface area contributed by atoms with Gasteiger partial charge in [0.2, 0.25) is 5.16 Å². The lowest BCUT2D eigenvalue weighted by molar-refractivity contribution is 0.783. The number of rotatable bonds is 4. The predicted molar refractivity (Wildman–Crippen MR) is 93.7 cm³/mol. The second-order valence-corrected chi connectivity index (χ2v) is 6.40. The van der Waals surface area contributed by atoms with Gasteiger partial charge >= 0.3 is 0 Å². The van der Waals surface area contributed by atoms with Gasteiger partial charge in [0.1, 0.15) is 10.4 Å². The summed E-state index contributed by atoms with van der Waals surface area (Å²) in [5.74, 6) is 1.52. The number of benzene rings is 1. The maximum atomic E-state index is 4.55. The number of aromatic amines is 1. The van der Waals surface area contributed by atoms with Crippen LogP contribution in [0.3, 0.4) is 0 Å². The number of anilines is 1. The number of nitrogens with zero attached hydrogens (tertiary/aromatic N) is 5. The van der Waals surface area contributed by atoms with Crippen LogP contribution < -0.4 is 5.32 Å². The molecule has 9 heteroatoms. The van der Waals surface area contributed by atoms with Crippen LogP contribution in [0.4, 0.5) is 5.82 Å². The van der Waals surface area contributed by atoms with E-state index in [9.17, 15) is 0 Å². The molecule has 2 N–H and O–H groups in total. The average molecular weight is 390 g/mol. The quantitative estimate of drug-likeness (QED) is 0.521. The third kappa shape index (κ3) is 2.66. The van der Waals surface area contributed by atoms with Crippen LogP contribution in [0.25, 0.3) is 16.7 Å². The lowest BCUT2D eigenvalue weighted by atomic mass is 10.3. The molecule has 0 bridgehead atoms. The highest BCUT2D eigenvalue weighted by atomic mass is 79.9. The first-order chi connectivity index (χ1) is 11.2. The Bertz CT molecular complexity index is 960. The summed E-state index contributed by atoms with van der Waals surface area (Å²) >= 11 is 4.92. The fraction of sp³-hybridized carbons (Fsp3) is 0.143. The highest BCUT2D eigenvalue weighted by molar-refractivity contribution is 9.10. The molecule has 0 aliphatic carbocycles. The molecular formula is C14H12BrN7S. The number of aromatic nitrogens is 6. The third-order valence-electron chi connectivity index (χ3n) is 3.35. The molecule has 3 aromatic heterocycles. The number of halogens is 1. The van der Waals surface area contributed by atoms with Crippen molar-refractivity contribution in [2.75, 3.05) is 11.6 Å². The standard InChI is InChI=1S/C14H12BrN7S/c1-23-14-20-12(13-17-6-10(15)22(13)21-14)16-7-11-18-8-4-2-3-5-9(8)19-11/h2-6H,7H2,1H3,(H,18,19)(H,16,20,21). The van der Waals surface area contributed by atoms with Crippen molar-refractivity contribution in [2.45, 2.75) is 11.7 Å². The molecule has 0 atom stereocenters.